The molecule has 2 unspecified atom stereocenters. The molecular weight excluding hydrogens is 250 g/mol. The first-order valence-corrected chi connectivity index (χ1v) is 8.43. The molecule has 2 aliphatic rings. The van der Waals surface area contributed by atoms with Gasteiger partial charge in [-0.1, -0.05) is 13.8 Å². The summed E-state index contributed by atoms with van der Waals surface area (Å²) >= 11 is 0. The second-order valence-corrected chi connectivity index (χ2v) is 6.74. The molecule has 0 radical (unpaired) electrons. The Bertz CT molecular complexity index is 295. The van der Waals surface area contributed by atoms with Gasteiger partial charge in [-0.15, -0.1) is 0 Å². The number of hydrogen-bond acceptors (Lipinski definition) is 4. The number of aliphatic hydroxyl groups excluding tert-OH is 1. The zero-order valence-corrected chi connectivity index (χ0v) is 13.6. The van der Waals surface area contributed by atoms with Crippen LogP contribution in [0.15, 0.2) is 0 Å². The minimum atomic E-state index is -0.0703. The zero-order chi connectivity index (χ0) is 14.6. The first-order chi connectivity index (χ1) is 9.65. The molecule has 0 aromatic carbocycles. The summed E-state index contributed by atoms with van der Waals surface area (Å²) in [6.45, 7) is 10.1. The van der Waals surface area contributed by atoms with Crippen molar-refractivity contribution in [2.24, 2.45) is 5.92 Å². The molecule has 1 saturated carbocycles. The van der Waals surface area contributed by atoms with Gasteiger partial charge in [-0.2, -0.15) is 0 Å². The fourth-order valence-corrected chi connectivity index (χ4v) is 3.98. The molecule has 0 aromatic rings. The van der Waals surface area contributed by atoms with Crippen molar-refractivity contribution in [2.45, 2.75) is 51.1 Å². The second-order valence-electron chi connectivity index (χ2n) is 6.74. The minimum Gasteiger partial charge on any atom is -0.394 e. The summed E-state index contributed by atoms with van der Waals surface area (Å²) in [4.78, 5) is 5.04. The topological polar surface area (TPSA) is 38.7 Å². The second kappa shape index (κ2) is 7.21. The van der Waals surface area contributed by atoms with Crippen molar-refractivity contribution in [2.75, 3.05) is 46.4 Å². The number of nitrogens with zero attached hydrogens (tertiary/aromatic N) is 2. The SMILES string of the molecule is CCNC(CO)(CN(C)CC1CCCN1CC)C1CC1. The average Bonchev–Trinajstić information content (AvgIpc) is 3.20. The van der Waals surface area contributed by atoms with Crippen molar-refractivity contribution in [1.29, 1.82) is 0 Å². The van der Waals surface area contributed by atoms with E-state index < -0.39 is 0 Å². The molecule has 1 heterocycles. The predicted molar refractivity (Wildman–Crippen MR) is 84.0 cm³/mol. The molecular formula is C16H33N3O. The van der Waals surface area contributed by atoms with Crippen molar-refractivity contribution in [3.05, 3.63) is 0 Å². The third-order valence-electron chi connectivity index (χ3n) is 5.15. The first kappa shape index (κ1) is 16.2. The van der Waals surface area contributed by atoms with Gasteiger partial charge in [0.2, 0.25) is 0 Å². The first-order valence-electron chi connectivity index (χ1n) is 8.43. The number of hydrogen-bond donors (Lipinski definition) is 2. The largest absolute Gasteiger partial charge is 0.394 e. The Morgan fingerprint density at radius 1 is 1.30 bits per heavy atom. The Kier molecular flexibility index (Phi) is 5.84. The smallest absolute Gasteiger partial charge is 0.0628 e. The normalized spacial score (nSPS) is 27.1. The van der Waals surface area contributed by atoms with Crippen LogP contribution < -0.4 is 5.32 Å². The average molecular weight is 283 g/mol. The molecule has 20 heavy (non-hydrogen) atoms. The number of nitrogens with one attached hydrogen (secondary N) is 1. The van der Waals surface area contributed by atoms with Crippen LogP contribution >= 0.6 is 0 Å². The summed E-state index contributed by atoms with van der Waals surface area (Å²) in [5.74, 6) is 0.667. The van der Waals surface area contributed by atoms with E-state index in [1.165, 1.54) is 38.8 Å². The molecule has 4 heteroatoms. The van der Waals surface area contributed by atoms with Crippen molar-refractivity contribution in [3.8, 4) is 0 Å². The van der Waals surface area contributed by atoms with Gasteiger partial charge in [0, 0.05) is 19.1 Å². The Labute approximate surface area is 124 Å². The molecule has 0 spiro atoms. The van der Waals surface area contributed by atoms with Crippen LogP contribution in [0.5, 0.6) is 0 Å². The molecule has 2 atom stereocenters. The van der Waals surface area contributed by atoms with Crippen LogP contribution in [0.4, 0.5) is 0 Å². The Morgan fingerprint density at radius 3 is 2.60 bits per heavy atom. The molecule has 1 saturated heterocycles. The molecule has 2 N–H and O–H groups in total. The maximum atomic E-state index is 9.93. The van der Waals surface area contributed by atoms with Crippen LogP contribution in [0, 0.1) is 5.92 Å². The fourth-order valence-electron chi connectivity index (χ4n) is 3.98. The standard InChI is InChI=1S/C16H33N3O/c1-4-17-16(13-20,14-8-9-14)12-18(3)11-15-7-6-10-19(15)5-2/h14-15,17,20H,4-13H2,1-3H3. The number of rotatable bonds is 9. The van der Waals surface area contributed by atoms with Gasteiger partial charge in [0.05, 0.1) is 12.1 Å². The van der Waals surface area contributed by atoms with Gasteiger partial charge < -0.3 is 15.3 Å². The van der Waals surface area contributed by atoms with Crippen LogP contribution in [0.1, 0.15) is 39.5 Å². The van der Waals surface area contributed by atoms with Gasteiger partial charge in [0.25, 0.3) is 0 Å². The van der Waals surface area contributed by atoms with E-state index in [4.69, 9.17) is 0 Å². The van der Waals surface area contributed by atoms with Crippen molar-refractivity contribution >= 4 is 0 Å². The lowest BCUT2D eigenvalue weighted by atomic mass is 9.93. The maximum absolute atomic E-state index is 9.93. The van der Waals surface area contributed by atoms with Crippen molar-refractivity contribution in [1.82, 2.24) is 15.1 Å². The van der Waals surface area contributed by atoms with Gasteiger partial charge in [-0.05, 0) is 58.3 Å². The lowest BCUT2D eigenvalue weighted by Crippen LogP contribution is -2.58. The van der Waals surface area contributed by atoms with E-state index >= 15 is 0 Å². The third kappa shape index (κ3) is 3.73. The van der Waals surface area contributed by atoms with E-state index in [9.17, 15) is 5.11 Å². The van der Waals surface area contributed by atoms with Crippen molar-refractivity contribution in [3.63, 3.8) is 0 Å². The predicted octanol–water partition coefficient (Wildman–Crippen LogP) is 1.15. The van der Waals surface area contributed by atoms with E-state index in [1.807, 2.05) is 0 Å². The van der Waals surface area contributed by atoms with E-state index in [0.717, 1.165) is 19.6 Å². The highest BCUT2D eigenvalue weighted by Crippen LogP contribution is 2.40. The maximum Gasteiger partial charge on any atom is 0.0628 e. The summed E-state index contributed by atoms with van der Waals surface area (Å²) in [6.07, 6.45) is 5.21. The molecule has 0 aromatic heterocycles. The molecule has 2 fully saturated rings. The molecule has 0 amide bonds. The molecule has 4 nitrogen and oxygen atoms in total. The van der Waals surface area contributed by atoms with E-state index in [1.54, 1.807) is 0 Å². The van der Waals surface area contributed by atoms with Crippen LogP contribution in [0.2, 0.25) is 0 Å². The fraction of sp³-hybridized carbons (Fsp3) is 1.00. The van der Waals surface area contributed by atoms with Crippen LogP contribution in [-0.4, -0.2) is 72.9 Å². The zero-order valence-electron chi connectivity index (χ0n) is 13.6. The minimum absolute atomic E-state index is 0.0703. The van der Waals surface area contributed by atoms with Gasteiger partial charge in [0.1, 0.15) is 0 Å². The van der Waals surface area contributed by atoms with Crippen molar-refractivity contribution < 1.29 is 5.11 Å². The third-order valence-corrected chi connectivity index (χ3v) is 5.15. The number of likely N-dealkylation sites (tertiary alicyclic amines) is 1. The number of aliphatic hydroxyl groups is 1. The molecule has 0 bridgehead atoms. The highest BCUT2D eigenvalue weighted by Gasteiger charge is 2.45. The van der Waals surface area contributed by atoms with Crippen LogP contribution in [-0.2, 0) is 0 Å². The molecule has 118 valence electrons. The quantitative estimate of drug-likeness (QED) is 0.666. The summed E-state index contributed by atoms with van der Waals surface area (Å²) in [7, 11) is 2.22. The van der Waals surface area contributed by atoms with Gasteiger partial charge >= 0.3 is 0 Å². The van der Waals surface area contributed by atoms with E-state index in [-0.39, 0.29) is 12.1 Å². The summed E-state index contributed by atoms with van der Waals surface area (Å²) < 4.78 is 0. The van der Waals surface area contributed by atoms with Gasteiger partial charge in [-0.3, -0.25) is 4.90 Å². The number of likely N-dealkylation sites (N-methyl/N-ethyl adjacent to an activating group) is 3. The monoisotopic (exact) mass is 283 g/mol. The molecule has 1 aliphatic heterocycles. The Hall–Kier alpha value is -0.160. The summed E-state index contributed by atoms with van der Waals surface area (Å²) in [5, 5.41) is 13.5. The molecule has 2 rings (SSSR count). The van der Waals surface area contributed by atoms with E-state index in [0.29, 0.717) is 12.0 Å². The van der Waals surface area contributed by atoms with Crippen LogP contribution in [0.25, 0.3) is 0 Å². The van der Waals surface area contributed by atoms with Gasteiger partial charge in [-0.25, -0.2) is 0 Å². The highest BCUT2D eigenvalue weighted by atomic mass is 16.3. The van der Waals surface area contributed by atoms with Crippen LogP contribution in [0.3, 0.4) is 0 Å². The highest BCUT2D eigenvalue weighted by molar-refractivity contribution is 5.02. The van der Waals surface area contributed by atoms with E-state index in [2.05, 4.69) is 36.0 Å². The summed E-state index contributed by atoms with van der Waals surface area (Å²) in [6, 6.07) is 0.710. The lowest BCUT2D eigenvalue weighted by molar-refractivity contribution is 0.0904. The Morgan fingerprint density at radius 2 is 2.05 bits per heavy atom. The summed E-state index contributed by atoms with van der Waals surface area (Å²) in [5.41, 5.74) is -0.0703. The Balaban J connectivity index is 1.89. The molecule has 1 aliphatic carbocycles. The lowest BCUT2D eigenvalue weighted by Gasteiger charge is -2.38. The van der Waals surface area contributed by atoms with Gasteiger partial charge in [0.15, 0.2) is 0 Å².